The molecule has 1 aromatic rings. The van der Waals surface area contributed by atoms with Crippen LogP contribution < -0.4 is 10.4 Å². The van der Waals surface area contributed by atoms with Gasteiger partial charge in [-0.2, -0.15) is 0 Å². The summed E-state index contributed by atoms with van der Waals surface area (Å²) in [4.78, 5) is 0. The van der Waals surface area contributed by atoms with E-state index in [0.717, 1.165) is 13.0 Å². The minimum Gasteiger partial charge on any atom is -0.390 e. The first-order chi connectivity index (χ1) is 8.63. The van der Waals surface area contributed by atoms with Gasteiger partial charge < -0.3 is 10.4 Å². The zero-order valence-electron chi connectivity index (χ0n) is 11.3. The lowest BCUT2D eigenvalue weighted by atomic mass is 10.0. The SMILES string of the molecule is CC(C)CNCC(O)[C@H](Cc1ccccc1)NP. The van der Waals surface area contributed by atoms with Crippen molar-refractivity contribution in [2.24, 2.45) is 5.92 Å². The van der Waals surface area contributed by atoms with E-state index in [1.807, 2.05) is 18.2 Å². The Morgan fingerprint density at radius 2 is 1.83 bits per heavy atom. The Hall–Kier alpha value is -0.470. The number of nitrogens with one attached hydrogen (secondary N) is 2. The van der Waals surface area contributed by atoms with Crippen LogP contribution in [0.1, 0.15) is 19.4 Å². The average molecular weight is 268 g/mol. The highest BCUT2D eigenvalue weighted by Gasteiger charge is 2.17. The molecule has 3 N–H and O–H groups in total. The molecule has 2 unspecified atom stereocenters. The van der Waals surface area contributed by atoms with Crippen molar-refractivity contribution in [3.05, 3.63) is 35.9 Å². The highest BCUT2D eigenvalue weighted by Crippen LogP contribution is 2.07. The van der Waals surface area contributed by atoms with E-state index in [1.165, 1.54) is 5.56 Å². The number of benzene rings is 1. The summed E-state index contributed by atoms with van der Waals surface area (Å²) in [6.07, 6.45) is 0.441. The Labute approximate surface area is 113 Å². The van der Waals surface area contributed by atoms with Crippen molar-refractivity contribution in [3.63, 3.8) is 0 Å². The van der Waals surface area contributed by atoms with E-state index in [4.69, 9.17) is 0 Å². The largest absolute Gasteiger partial charge is 0.390 e. The van der Waals surface area contributed by atoms with Gasteiger partial charge in [-0.3, -0.25) is 5.09 Å². The first kappa shape index (κ1) is 15.6. The third-order valence-electron chi connectivity index (χ3n) is 2.88. The van der Waals surface area contributed by atoms with E-state index in [9.17, 15) is 5.11 Å². The van der Waals surface area contributed by atoms with Crippen molar-refractivity contribution in [2.75, 3.05) is 13.1 Å². The molecule has 0 bridgehead atoms. The Morgan fingerprint density at radius 3 is 2.39 bits per heavy atom. The van der Waals surface area contributed by atoms with E-state index in [-0.39, 0.29) is 12.1 Å². The van der Waals surface area contributed by atoms with Gasteiger partial charge in [0.05, 0.1) is 6.10 Å². The second-order valence-corrected chi connectivity index (χ2v) is 5.42. The van der Waals surface area contributed by atoms with Crippen molar-refractivity contribution in [1.29, 1.82) is 0 Å². The molecule has 0 amide bonds. The van der Waals surface area contributed by atoms with Gasteiger partial charge in [-0.15, -0.1) is 0 Å². The molecule has 0 spiro atoms. The molecule has 0 fully saturated rings. The van der Waals surface area contributed by atoms with E-state index in [2.05, 4.69) is 45.8 Å². The van der Waals surface area contributed by atoms with Crippen LogP contribution in [0.15, 0.2) is 30.3 Å². The first-order valence-electron chi connectivity index (χ1n) is 6.52. The molecule has 0 aliphatic rings. The molecule has 0 aliphatic heterocycles. The molecule has 0 saturated heterocycles. The topological polar surface area (TPSA) is 44.3 Å². The Kier molecular flexibility index (Phi) is 7.45. The first-order valence-corrected chi connectivity index (χ1v) is 7.10. The fourth-order valence-corrected chi connectivity index (χ4v) is 2.18. The third kappa shape index (κ3) is 5.92. The maximum absolute atomic E-state index is 10.1. The predicted octanol–water partition coefficient (Wildman–Crippen LogP) is 1.58. The second-order valence-electron chi connectivity index (χ2n) is 5.08. The summed E-state index contributed by atoms with van der Waals surface area (Å²) in [6.45, 7) is 5.88. The second kappa shape index (κ2) is 8.60. The summed E-state index contributed by atoms with van der Waals surface area (Å²) in [6, 6.07) is 10.3. The molecule has 0 radical (unpaired) electrons. The Balaban J connectivity index is 2.40. The van der Waals surface area contributed by atoms with Gasteiger partial charge in [0, 0.05) is 12.6 Å². The summed E-state index contributed by atoms with van der Waals surface area (Å²) in [5.41, 5.74) is 1.24. The summed E-state index contributed by atoms with van der Waals surface area (Å²) in [7, 11) is 2.50. The van der Waals surface area contributed by atoms with Crippen LogP contribution in [0.5, 0.6) is 0 Å². The van der Waals surface area contributed by atoms with E-state index in [1.54, 1.807) is 0 Å². The quantitative estimate of drug-likeness (QED) is 0.627. The van der Waals surface area contributed by atoms with Crippen LogP contribution in [-0.4, -0.2) is 30.3 Å². The lowest BCUT2D eigenvalue weighted by Gasteiger charge is -2.23. The van der Waals surface area contributed by atoms with Crippen LogP contribution in [0.3, 0.4) is 0 Å². The zero-order valence-corrected chi connectivity index (χ0v) is 12.4. The molecule has 0 aliphatic carbocycles. The van der Waals surface area contributed by atoms with Crippen molar-refractivity contribution in [3.8, 4) is 0 Å². The van der Waals surface area contributed by atoms with Crippen LogP contribution in [0.2, 0.25) is 0 Å². The number of rotatable bonds is 8. The smallest absolute Gasteiger partial charge is 0.0823 e. The minimum absolute atomic E-state index is 0.0528. The fraction of sp³-hybridized carbons (Fsp3) is 0.571. The van der Waals surface area contributed by atoms with Gasteiger partial charge in [-0.05, 0) is 24.4 Å². The normalized spacial score (nSPS) is 14.7. The lowest BCUT2D eigenvalue weighted by Crippen LogP contribution is -2.43. The van der Waals surface area contributed by atoms with E-state index >= 15 is 0 Å². The maximum atomic E-state index is 10.1. The van der Waals surface area contributed by atoms with Crippen molar-refractivity contribution in [1.82, 2.24) is 10.4 Å². The molecule has 4 heteroatoms. The lowest BCUT2D eigenvalue weighted by molar-refractivity contribution is 0.135. The molecule has 3 nitrogen and oxygen atoms in total. The van der Waals surface area contributed by atoms with Crippen molar-refractivity contribution in [2.45, 2.75) is 32.4 Å². The molecular formula is C14H25N2OP. The summed E-state index contributed by atoms with van der Waals surface area (Å²) in [5.74, 6) is 0.605. The minimum atomic E-state index is -0.388. The van der Waals surface area contributed by atoms with E-state index < -0.39 is 0 Å². The van der Waals surface area contributed by atoms with Gasteiger partial charge in [0.1, 0.15) is 0 Å². The Bertz CT molecular complexity index is 319. The van der Waals surface area contributed by atoms with Gasteiger partial charge in [-0.1, -0.05) is 53.6 Å². The number of hydrogen-bond acceptors (Lipinski definition) is 3. The molecule has 0 aromatic heterocycles. The van der Waals surface area contributed by atoms with Crippen LogP contribution >= 0.6 is 9.39 Å². The fourth-order valence-electron chi connectivity index (χ4n) is 1.84. The summed E-state index contributed by atoms with van der Waals surface area (Å²) in [5, 5.41) is 16.5. The highest BCUT2D eigenvalue weighted by molar-refractivity contribution is 7.13. The Morgan fingerprint density at radius 1 is 1.17 bits per heavy atom. The molecule has 102 valence electrons. The standard InChI is InChI=1S/C14H25N2OP/c1-11(2)9-15-10-14(17)13(16-18)8-12-6-4-3-5-7-12/h3-7,11,13-17H,8-10,18H2,1-2H3/t13-,14?/m0/s1. The van der Waals surface area contributed by atoms with Crippen LogP contribution in [-0.2, 0) is 6.42 Å². The van der Waals surface area contributed by atoms with Crippen LogP contribution in [0.4, 0.5) is 0 Å². The average Bonchev–Trinajstić information content (AvgIpc) is 2.36. The van der Waals surface area contributed by atoms with Crippen molar-refractivity contribution >= 4 is 9.39 Å². The highest BCUT2D eigenvalue weighted by atomic mass is 31.0. The molecule has 1 aromatic carbocycles. The van der Waals surface area contributed by atoms with Gasteiger partial charge in [0.25, 0.3) is 0 Å². The summed E-state index contributed by atoms with van der Waals surface area (Å²) < 4.78 is 0. The molecular weight excluding hydrogens is 243 g/mol. The maximum Gasteiger partial charge on any atom is 0.0823 e. The summed E-state index contributed by atoms with van der Waals surface area (Å²) >= 11 is 0. The van der Waals surface area contributed by atoms with E-state index in [0.29, 0.717) is 12.5 Å². The number of aliphatic hydroxyl groups is 1. The number of hydrogen-bond donors (Lipinski definition) is 3. The number of aliphatic hydroxyl groups excluding tert-OH is 1. The van der Waals surface area contributed by atoms with Crippen molar-refractivity contribution < 1.29 is 5.11 Å². The predicted molar refractivity (Wildman–Crippen MR) is 80.5 cm³/mol. The zero-order chi connectivity index (χ0) is 13.4. The van der Waals surface area contributed by atoms with Crippen LogP contribution in [0, 0.1) is 5.92 Å². The monoisotopic (exact) mass is 268 g/mol. The van der Waals surface area contributed by atoms with Gasteiger partial charge in [0.15, 0.2) is 0 Å². The van der Waals surface area contributed by atoms with Gasteiger partial charge >= 0.3 is 0 Å². The molecule has 3 atom stereocenters. The van der Waals surface area contributed by atoms with Crippen LogP contribution in [0.25, 0.3) is 0 Å². The van der Waals surface area contributed by atoms with Gasteiger partial charge in [-0.25, -0.2) is 0 Å². The van der Waals surface area contributed by atoms with Gasteiger partial charge in [0.2, 0.25) is 0 Å². The third-order valence-corrected chi connectivity index (χ3v) is 3.31. The molecule has 1 rings (SSSR count). The molecule has 0 saturated carbocycles. The molecule has 18 heavy (non-hydrogen) atoms. The molecule has 0 heterocycles.